The van der Waals surface area contributed by atoms with Crippen LogP contribution in [0.2, 0.25) is 0 Å². The largest absolute Gasteiger partial charge is 0.332 e. The fraction of sp³-hybridized carbons (Fsp3) is 0.682. The van der Waals surface area contributed by atoms with Gasteiger partial charge in [0.15, 0.2) is 0 Å². The summed E-state index contributed by atoms with van der Waals surface area (Å²) in [5, 5.41) is 2.42. The molecule has 0 aromatic heterocycles. The standard InChI is InChI=1S/C22H32N4O3S2/c1-30-9-8-25-11-17(12-25)26-13-18(14-26)31(28,29)24-22(27)23-21-19-6-2-4-15(19)10-16-5-3-7-20(16)21/h10,17-18H,2-9,11-14H2,1H3,(H2,23,24,27). The lowest BCUT2D eigenvalue weighted by Gasteiger charge is -2.51. The third kappa shape index (κ3) is 4.21. The summed E-state index contributed by atoms with van der Waals surface area (Å²) in [4.78, 5) is 17.3. The van der Waals surface area contributed by atoms with Gasteiger partial charge >= 0.3 is 6.03 Å². The quantitative estimate of drug-likeness (QED) is 0.641. The van der Waals surface area contributed by atoms with E-state index in [1.807, 2.05) is 11.8 Å². The van der Waals surface area contributed by atoms with E-state index >= 15 is 0 Å². The van der Waals surface area contributed by atoms with Crippen molar-refractivity contribution in [2.75, 3.05) is 50.0 Å². The Kier molecular flexibility index (Phi) is 5.96. The van der Waals surface area contributed by atoms with Crippen LogP contribution in [0.25, 0.3) is 0 Å². The third-order valence-electron chi connectivity index (χ3n) is 7.33. The van der Waals surface area contributed by atoms with Gasteiger partial charge in [-0.05, 0) is 67.0 Å². The topological polar surface area (TPSA) is 81.8 Å². The van der Waals surface area contributed by atoms with Crippen molar-refractivity contribution in [1.29, 1.82) is 0 Å². The minimum absolute atomic E-state index is 0.455. The lowest BCUT2D eigenvalue weighted by atomic mass is 9.99. The maximum atomic E-state index is 12.7. The number of carbonyl (C=O) groups excluding carboxylic acids is 1. The van der Waals surface area contributed by atoms with Crippen LogP contribution in [0.4, 0.5) is 10.5 Å². The van der Waals surface area contributed by atoms with Gasteiger partial charge in [-0.25, -0.2) is 17.9 Å². The van der Waals surface area contributed by atoms with Crippen molar-refractivity contribution >= 4 is 33.5 Å². The first kappa shape index (κ1) is 21.6. The first-order chi connectivity index (χ1) is 14.9. The zero-order chi connectivity index (χ0) is 21.6. The molecule has 0 saturated carbocycles. The van der Waals surface area contributed by atoms with E-state index in [1.165, 1.54) is 22.3 Å². The molecule has 2 aliphatic carbocycles. The molecule has 7 nitrogen and oxygen atoms in total. The van der Waals surface area contributed by atoms with Gasteiger partial charge in [-0.3, -0.25) is 9.80 Å². The number of aryl methyl sites for hydroxylation is 2. The van der Waals surface area contributed by atoms with Gasteiger partial charge < -0.3 is 5.32 Å². The number of nitrogens with one attached hydrogen (secondary N) is 2. The minimum Gasteiger partial charge on any atom is -0.307 e. The first-order valence-electron chi connectivity index (χ1n) is 11.4. The van der Waals surface area contributed by atoms with E-state index in [0.29, 0.717) is 19.1 Å². The van der Waals surface area contributed by atoms with Crippen LogP contribution in [0.15, 0.2) is 6.07 Å². The van der Waals surface area contributed by atoms with Gasteiger partial charge in [0.05, 0.1) is 0 Å². The zero-order valence-electron chi connectivity index (χ0n) is 18.2. The van der Waals surface area contributed by atoms with Gasteiger partial charge in [-0.1, -0.05) is 6.07 Å². The number of anilines is 1. The van der Waals surface area contributed by atoms with Gasteiger partial charge in [-0.2, -0.15) is 11.8 Å². The number of nitrogens with zero attached hydrogens (tertiary/aromatic N) is 2. The van der Waals surface area contributed by atoms with Crippen LogP contribution >= 0.6 is 11.8 Å². The highest BCUT2D eigenvalue weighted by Gasteiger charge is 2.44. The fourth-order valence-corrected chi connectivity index (χ4v) is 7.15. The van der Waals surface area contributed by atoms with Gasteiger partial charge in [0.25, 0.3) is 0 Å². The van der Waals surface area contributed by atoms with Gasteiger partial charge in [0, 0.05) is 50.2 Å². The van der Waals surface area contributed by atoms with Gasteiger partial charge in [-0.15, -0.1) is 0 Å². The molecule has 9 heteroatoms. The molecular formula is C22H32N4O3S2. The highest BCUT2D eigenvalue weighted by molar-refractivity contribution is 7.98. The van der Waals surface area contributed by atoms with Crippen molar-refractivity contribution in [2.45, 2.75) is 49.8 Å². The molecule has 0 spiro atoms. The van der Waals surface area contributed by atoms with Crippen molar-refractivity contribution in [2.24, 2.45) is 0 Å². The summed E-state index contributed by atoms with van der Waals surface area (Å²) in [5.74, 6) is 1.14. The monoisotopic (exact) mass is 464 g/mol. The molecule has 2 heterocycles. The molecule has 2 amide bonds. The number of hydrogen-bond donors (Lipinski definition) is 2. The second-order valence-electron chi connectivity index (χ2n) is 9.32. The Morgan fingerprint density at radius 3 is 2.32 bits per heavy atom. The Morgan fingerprint density at radius 2 is 1.71 bits per heavy atom. The summed E-state index contributed by atoms with van der Waals surface area (Å²) in [7, 11) is -3.67. The van der Waals surface area contributed by atoms with Crippen LogP contribution in [-0.2, 0) is 35.7 Å². The number of urea groups is 1. The van der Waals surface area contributed by atoms with Crippen LogP contribution in [0.5, 0.6) is 0 Å². The number of likely N-dealkylation sites (tertiary alicyclic amines) is 2. The van der Waals surface area contributed by atoms with E-state index in [9.17, 15) is 13.2 Å². The Hall–Kier alpha value is -1.29. The SMILES string of the molecule is CSCCN1CC(N2CC(S(=O)(=O)NC(=O)Nc3c4c(cc5c3CCC5)CCC4)C2)C1. The van der Waals surface area contributed by atoms with E-state index in [4.69, 9.17) is 0 Å². The van der Waals surface area contributed by atoms with E-state index < -0.39 is 21.3 Å². The molecule has 1 aromatic carbocycles. The maximum Gasteiger partial charge on any atom is 0.332 e. The smallest absolute Gasteiger partial charge is 0.307 e. The molecule has 170 valence electrons. The summed E-state index contributed by atoms with van der Waals surface area (Å²) in [6, 6.07) is 2.15. The van der Waals surface area contributed by atoms with Crippen LogP contribution in [0.1, 0.15) is 35.1 Å². The number of thioether (sulfide) groups is 1. The zero-order valence-corrected chi connectivity index (χ0v) is 19.8. The van der Waals surface area contributed by atoms with E-state index in [-0.39, 0.29) is 0 Å². The van der Waals surface area contributed by atoms with Crippen molar-refractivity contribution < 1.29 is 13.2 Å². The first-order valence-corrected chi connectivity index (χ1v) is 14.3. The summed E-state index contributed by atoms with van der Waals surface area (Å²) in [6.45, 7) is 4.17. The molecule has 0 bridgehead atoms. The predicted molar refractivity (Wildman–Crippen MR) is 126 cm³/mol. The Labute approximate surface area is 189 Å². The molecular weight excluding hydrogens is 432 g/mol. The van der Waals surface area contributed by atoms with Crippen molar-refractivity contribution in [3.63, 3.8) is 0 Å². The lowest BCUT2D eigenvalue weighted by molar-refractivity contribution is 0.00564. The molecule has 0 radical (unpaired) electrons. The fourth-order valence-electron chi connectivity index (χ4n) is 5.46. The molecule has 0 unspecified atom stereocenters. The minimum atomic E-state index is -3.67. The average molecular weight is 465 g/mol. The predicted octanol–water partition coefficient (Wildman–Crippen LogP) is 1.85. The van der Waals surface area contributed by atoms with Crippen molar-refractivity contribution in [1.82, 2.24) is 14.5 Å². The van der Waals surface area contributed by atoms with Gasteiger partial charge in [0.2, 0.25) is 10.0 Å². The van der Waals surface area contributed by atoms with Crippen LogP contribution in [0.3, 0.4) is 0 Å². The Balaban J connectivity index is 1.16. The van der Waals surface area contributed by atoms with Crippen LogP contribution in [-0.4, -0.2) is 80.3 Å². The summed E-state index contributed by atoms with van der Waals surface area (Å²) < 4.78 is 27.8. The number of hydrogen-bond acceptors (Lipinski definition) is 6. The Bertz CT molecular complexity index is 937. The highest BCUT2D eigenvalue weighted by atomic mass is 32.2. The normalized spacial score (nSPS) is 22.0. The molecule has 0 atom stereocenters. The molecule has 2 N–H and O–H groups in total. The molecule has 4 aliphatic rings. The third-order valence-corrected chi connectivity index (χ3v) is 9.56. The Morgan fingerprint density at radius 1 is 1.06 bits per heavy atom. The number of amides is 2. The number of carbonyl (C=O) groups is 1. The molecule has 31 heavy (non-hydrogen) atoms. The lowest BCUT2D eigenvalue weighted by Crippen LogP contribution is -2.69. The summed E-state index contributed by atoms with van der Waals surface area (Å²) in [6.07, 6.45) is 8.32. The number of rotatable bonds is 7. The second kappa shape index (κ2) is 8.57. The van der Waals surface area contributed by atoms with E-state index in [1.54, 1.807) is 0 Å². The molecule has 1 aromatic rings. The van der Waals surface area contributed by atoms with Gasteiger partial charge in [0.1, 0.15) is 5.25 Å². The molecule has 2 fully saturated rings. The second-order valence-corrected chi connectivity index (χ2v) is 12.3. The number of benzene rings is 1. The van der Waals surface area contributed by atoms with Crippen molar-refractivity contribution in [3.05, 3.63) is 28.3 Å². The molecule has 2 saturated heterocycles. The summed E-state index contributed by atoms with van der Waals surface area (Å²) in [5.41, 5.74) is 5.93. The number of fused-ring (bicyclic) bond motifs is 2. The summed E-state index contributed by atoms with van der Waals surface area (Å²) >= 11 is 1.85. The average Bonchev–Trinajstić information content (AvgIpc) is 3.29. The van der Waals surface area contributed by atoms with Crippen LogP contribution in [0, 0.1) is 0 Å². The number of sulfonamides is 1. The highest BCUT2D eigenvalue weighted by Crippen LogP contribution is 2.38. The molecule has 2 aliphatic heterocycles. The van der Waals surface area contributed by atoms with E-state index in [2.05, 4.69) is 32.2 Å². The maximum absolute atomic E-state index is 12.7. The van der Waals surface area contributed by atoms with Crippen molar-refractivity contribution in [3.8, 4) is 0 Å². The molecule has 5 rings (SSSR count). The van der Waals surface area contributed by atoms with Crippen LogP contribution < -0.4 is 10.0 Å². The van der Waals surface area contributed by atoms with E-state index in [0.717, 1.165) is 69.6 Å².